The van der Waals surface area contributed by atoms with Crippen LogP contribution in [0, 0.1) is 0 Å². The summed E-state index contributed by atoms with van der Waals surface area (Å²) in [4.78, 5) is 12.3. The lowest BCUT2D eigenvalue weighted by molar-refractivity contribution is -0.113. The second-order valence-electron chi connectivity index (χ2n) is 5.58. The highest BCUT2D eigenvalue weighted by Gasteiger charge is 2.16. The summed E-state index contributed by atoms with van der Waals surface area (Å²) >= 11 is 7.30. The van der Waals surface area contributed by atoms with Gasteiger partial charge in [-0.1, -0.05) is 43.3 Å². The van der Waals surface area contributed by atoms with Gasteiger partial charge in [-0.15, -0.1) is 16.8 Å². The molecule has 134 valence electrons. The Labute approximate surface area is 156 Å². The highest BCUT2D eigenvalue weighted by Crippen LogP contribution is 2.28. The van der Waals surface area contributed by atoms with E-state index in [9.17, 15) is 4.79 Å². The molecule has 2 aromatic rings. The van der Waals surface area contributed by atoms with Crippen LogP contribution in [0.1, 0.15) is 25.6 Å². The molecule has 1 aromatic carbocycles. The molecule has 0 spiro atoms. The number of nitrogens with zero attached hydrogens (tertiary/aromatic N) is 3. The minimum Gasteiger partial charge on any atom is -0.495 e. The van der Waals surface area contributed by atoms with Crippen LogP contribution >= 0.6 is 23.4 Å². The van der Waals surface area contributed by atoms with Crippen LogP contribution in [0.5, 0.6) is 5.75 Å². The lowest BCUT2D eigenvalue weighted by atomic mass is 10.2. The summed E-state index contributed by atoms with van der Waals surface area (Å²) < 4.78 is 7.19. The zero-order valence-corrected chi connectivity index (χ0v) is 16.0. The number of aromatic nitrogens is 3. The number of carbonyl (C=O) groups excluding carboxylic acids is 1. The van der Waals surface area contributed by atoms with Gasteiger partial charge in [0.05, 0.1) is 18.6 Å². The van der Waals surface area contributed by atoms with Crippen LogP contribution in [0.2, 0.25) is 5.02 Å². The number of anilines is 1. The fourth-order valence-electron chi connectivity index (χ4n) is 2.23. The smallest absolute Gasteiger partial charge is 0.234 e. The summed E-state index contributed by atoms with van der Waals surface area (Å²) in [5, 5.41) is 12.4. The molecule has 0 unspecified atom stereocenters. The predicted molar refractivity (Wildman–Crippen MR) is 102 cm³/mol. The van der Waals surface area contributed by atoms with E-state index < -0.39 is 0 Å². The molecule has 1 aromatic heterocycles. The van der Waals surface area contributed by atoms with Crippen molar-refractivity contribution in [2.75, 3.05) is 18.2 Å². The fourth-order valence-corrected chi connectivity index (χ4v) is 3.16. The Bertz CT molecular complexity index is 761. The molecule has 0 atom stereocenters. The summed E-state index contributed by atoms with van der Waals surface area (Å²) in [6.07, 6.45) is 1.79. The van der Waals surface area contributed by atoms with E-state index in [0.717, 1.165) is 5.82 Å². The zero-order chi connectivity index (χ0) is 18.4. The monoisotopic (exact) mass is 380 g/mol. The summed E-state index contributed by atoms with van der Waals surface area (Å²) in [6.45, 7) is 8.47. The number of halogens is 1. The number of amides is 1. The van der Waals surface area contributed by atoms with Crippen molar-refractivity contribution in [3.05, 3.63) is 41.7 Å². The summed E-state index contributed by atoms with van der Waals surface area (Å²) in [5.41, 5.74) is 0.538. The molecule has 0 saturated carbocycles. The minimum atomic E-state index is -0.176. The Morgan fingerprint density at radius 3 is 2.88 bits per heavy atom. The third-order valence-electron chi connectivity index (χ3n) is 3.34. The molecule has 1 amide bonds. The van der Waals surface area contributed by atoms with E-state index in [1.165, 1.54) is 11.8 Å². The van der Waals surface area contributed by atoms with Crippen molar-refractivity contribution in [2.24, 2.45) is 0 Å². The molecule has 0 radical (unpaired) electrons. The molecule has 0 aliphatic rings. The van der Waals surface area contributed by atoms with E-state index in [4.69, 9.17) is 16.3 Å². The van der Waals surface area contributed by atoms with Gasteiger partial charge in [0.2, 0.25) is 5.91 Å². The number of carbonyl (C=O) groups is 1. The molecule has 0 aliphatic carbocycles. The lowest BCUT2D eigenvalue weighted by Crippen LogP contribution is -2.15. The van der Waals surface area contributed by atoms with Crippen LogP contribution in [0.15, 0.2) is 36.0 Å². The Hall–Kier alpha value is -1.99. The Morgan fingerprint density at radius 2 is 2.24 bits per heavy atom. The predicted octanol–water partition coefficient (Wildman–Crippen LogP) is 3.98. The lowest BCUT2D eigenvalue weighted by Gasteiger charge is -2.11. The summed E-state index contributed by atoms with van der Waals surface area (Å²) in [5.74, 6) is 1.69. The third-order valence-corrected chi connectivity index (χ3v) is 4.54. The molecule has 1 heterocycles. The Morgan fingerprint density at radius 1 is 1.48 bits per heavy atom. The van der Waals surface area contributed by atoms with Crippen LogP contribution < -0.4 is 10.1 Å². The number of allylic oxidation sites excluding steroid dienone is 1. The number of benzene rings is 1. The Kier molecular flexibility index (Phi) is 6.90. The molecule has 8 heteroatoms. The number of thioether (sulfide) groups is 1. The van der Waals surface area contributed by atoms with Gasteiger partial charge in [-0.2, -0.15) is 0 Å². The molecule has 0 saturated heterocycles. The molecule has 0 aliphatic heterocycles. The molecular formula is C17H21ClN4O2S. The SMILES string of the molecule is C=CCn1c(SCC(=O)Nc2cc(Cl)ccc2OC)nnc1C(C)C. The van der Waals surface area contributed by atoms with Gasteiger partial charge in [0.1, 0.15) is 11.6 Å². The van der Waals surface area contributed by atoms with Crippen molar-refractivity contribution in [3.8, 4) is 5.75 Å². The van der Waals surface area contributed by atoms with Gasteiger partial charge in [0.25, 0.3) is 0 Å². The van der Waals surface area contributed by atoms with Crippen molar-refractivity contribution >= 4 is 35.0 Å². The topological polar surface area (TPSA) is 69.0 Å². The first-order chi connectivity index (χ1) is 12.0. The molecule has 0 fully saturated rings. The van der Waals surface area contributed by atoms with Gasteiger partial charge in [-0.3, -0.25) is 4.79 Å². The average Bonchev–Trinajstić information content (AvgIpc) is 2.96. The molecular weight excluding hydrogens is 360 g/mol. The van der Waals surface area contributed by atoms with Gasteiger partial charge in [0.15, 0.2) is 5.16 Å². The van der Waals surface area contributed by atoms with Crippen molar-refractivity contribution in [1.29, 1.82) is 0 Å². The fraction of sp³-hybridized carbons (Fsp3) is 0.353. The van der Waals surface area contributed by atoms with Crippen molar-refractivity contribution in [2.45, 2.75) is 31.5 Å². The van der Waals surface area contributed by atoms with Gasteiger partial charge >= 0.3 is 0 Å². The van der Waals surface area contributed by atoms with E-state index >= 15 is 0 Å². The number of nitrogens with one attached hydrogen (secondary N) is 1. The second-order valence-corrected chi connectivity index (χ2v) is 6.96. The zero-order valence-electron chi connectivity index (χ0n) is 14.5. The largest absolute Gasteiger partial charge is 0.495 e. The first-order valence-electron chi connectivity index (χ1n) is 7.76. The number of hydrogen-bond donors (Lipinski definition) is 1. The summed E-state index contributed by atoms with van der Waals surface area (Å²) in [7, 11) is 1.54. The molecule has 6 nitrogen and oxygen atoms in total. The Balaban J connectivity index is 2.05. The van der Waals surface area contributed by atoms with Gasteiger partial charge in [-0.25, -0.2) is 0 Å². The summed E-state index contributed by atoms with van der Waals surface area (Å²) in [6, 6.07) is 5.07. The quantitative estimate of drug-likeness (QED) is 0.554. The highest BCUT2D eigenvalue weighted by molar-refractivity contribution is 7.99. The number of hydrogen-bond acceptors (Lipinski definition) is 5. The van der Waals surface area contributed by atoms with Crippen LogP contribution in [0.4, 0.5) is 5.69 Å². The molecule has 1 N–H and O–H groups in total. The molecule has 2 rings (SSSR count). The van der Waals surface area contributed by atoms with Crippen molar-refractivity contribution in [1.82, 2.24) is 14.8 Å². The minimum absolute atomic E-state index is 0.176. The highest BCUT2D eigenvalue weighted by atomic mass is 35.5. The van der Waals surface area contributed by atoms with Crippen LogP contribution in [-0.2, 0) is 11.3 Å². The van der Waals surface area contributed by atoms with E-state index in [0.29, 0.717) is 28.2 Å². The number of rotatable bonds is 8. The molecule has 0 bridgehead atoms. The van der Waals surface area contributed by atoms with Crippen LogP contribution in [-0.4, -0.2) is 33.5 Å². The van der Waals surface area contributed by atoms with Crippen molar-refractivity contribution in [3.63, 3.8) is 0 Å². The maximum atomic E-state index is 12.3. The maximum absolute atomic E-state index is 12.3. The average molecular weight is 381 g/mol. The van der Waals surface area contributed by atoms with Gasteiger partial charge in [0, 0.05) is 17.5 Å². The van der Waals surface area contributed by atoms with E-state index in [1.807, 2.05) is 4.57 Å². The number of methoxy groups -OCH3 is 1. The normalized spacial score (nSPS) is 10.8. The third kappa shape index (κ3) is 4.99. The molecule has 25 heavy (non-hydrogen) atoms. The maximum Gasteiger partial charge on any atom is 0.234 e. The van der Waals surface area contributed by atoms with Crippen LogP contribution in [0.3, 0.4) is 0 Å². The standard InChI is InChI=1S/C17H21ClN4O2S/c1-5-8-22-16(11(2)3)20-21-17(22)25-10-15(23)19-13-9-12(18)6-7-14(13)24-4/h5-7,9,11H,1,8,10H2,2-4H3,(H,19,23). The first kappa shape index (κ1) is 19.3. The first-order valence-corrected chi connectivity index (χ1v) is 9.12. The second kappa shape index (κ2) is 8.92. The van der Waals surface area contributed by atoms with E-state index in [2.05, 4.69) is 35.9 Å². The van der Waals surface area contributed by atoms with Crippen LogP contribution in [0.25, 0.3) is 0 Å². The van der Waals surface area contributed by atoms with E-state index in [-0.39, 0.29) is 17.6 Å². The van der Waals surface area contributed by atoms with Gasteiger partial charge in [-0.05, 0) is 18.2 Å². The van der Waals surface area contributed by atoms with Crippen molar-refractivity contribution < 1.29 is 9.53 Å². The van der Waals surface area contributed by atoms with Gasteiger partial charge < -0.3 is 14.6 Å². The van der Waals surface area contributed by atoms with E-state index in [1.54, 1.807) is 31.4 Å². The number of ether oxygens (including phenoxy) is 1.